The van der Waals surface area contributed by atoms with E-state index in [4.69, 9.17) is 14.6 Å². The monoisotopic (exact) mass is 369 g/mol. The predicted molar refractivity (Wildman–Crippen MR) is 88.3 cm³/mol. The van der Waals surface area contributed by atoms with E-state index in [9.17, 15) is 17.6 Å². The molecule has 0 atom stereocenters. The van der Waals surface area contributed by atoms with Gasteiger partial charge in [-0.25, -0.2) is 17.6 Å². The lowest BCUT2D eigenvalue weighted by molar-refractivity contribution is 0.0691. The minimum absolute atomic E-state index is 0.182. The van der Waals surface area contributed by atoms with E-state index in [-0.39, 0.29) is 10.6 Å². The summed E-state index contributed by atoms with van der Waals surface area (Å²) in [6.45, 7) is 2.21. The van der Waals surface area contributed by atoms with Crippen LogP contribution in [0.3, 0.4) is 0 Å². The maximum atomic E-state index is 13.4. The molecule has 9 heteroatoms. The summed E-state index contributed by atoms with van der Waals surface area (Å²) in [7, 11) is -2.70. The largest absolute Gasteiger partial charge is 0.493 e. The van der Waals surface area contributed by atoms with Crippen molar-refractivity contribution in [3.05, 3.63) is 47.8 Å². The average Bonchev–Trinajstić information content (AvgIpc) is 2.56. The number of halogens is 1. The van der Waals surface area contributed by atoms with Crippen LogP contribution >= 0.6 is 0 Å². The van der Waals surface area contributed by atoms with Crippen LogP contribution in [-0.4, -0.2) is 33.2 Å². The number of aromatic carboxylic acids is 1. The van der Waals surface area contributed by atoms with E-state index >= 15 is 0 Å². The normalized spacial score (nSPS) is 11.0. The smallest absolute Gasteiger partial charge is 0.338 e. The summed E-state index contributed by atoms with van der Waals surface area (Å²) in [5.74, 6) is -1.80. The molecule has 2 rings (SSSR count). The van der Waals surface area contributed by atoms with E-state index in [0.29, 0.717) is 18.1 Å². The van der Waals surface area contributed by atoms with Crippen molar-refractivity contribution in [2.75, 3.05) is 18.4 Å². The van der Waals surface area contributed by atoms with Crippen LogP contribution in [0.25, 0.3) is 0 Å². The van der Waals surface area contributed by atoms with Gasteiger partial charge < -0.3 is 14.6 Å². The molecule has 0 aliphatic rings. The Labute approximate surface area is 144 Å². The molecule has 2 aromatic rings. The molecule has 0 unspecified atom stereocenters. The van der Waals surface area contributed by atoms with E-state index in [2.05, 4.69) is 4.72 Å². The fraction of sp³-hybridized carbons (Fsp3) is 0.188. The fourth-order valence-electron chi connectivity index (χ4n) is 2.06. The fourth-order valence-corrected chi connectivity index (χ4v) is 3.13. The van der Waals surface area contributed by atoms with E-state index in [1.54, 1.807) is 6.92 Å². The van der Waals surface area contributed by atoms with Crippen molar-refractivity contribution in [3.63, 3.8) is 0 Å². The van der Waals surface area contributed by atoms with Crippen LogP contribution in [0.1, 0.15) is 17.3 Å². The molecule has 0 aliphatic carbocycles. The Kier molecular flexibility index (Phi) is 5.48. The second kappa shape index (κ2) is 7.39. The van der Waals surface area contributed by atoms with Gasteiger partial charge in [0.2, 0.25) is 0 Å². The number of rotatable bonds is 7. The van der Waals surface area contributed by atoms with Gasteiger partial charge in [-0.3, -0.25) is 4.72 Å². The lowest BCUT2D eigenvalue weighted by Gasteiger charge is -2.13. The Bertz CT molecular complexity index is 897. The van der Waals surface area contributed by atoms with Crippen LogP contribution in [0, 0.1) is 5.82 Å². The van der Waals surface area contributed by atoms with Gasteiger partial charge in [-0.2, -0.15) is 0 Å². The first-order valence-corrected chi connectivity index (χ1v) is 8.63. The summed E-state index contributed by atoms with van der Waals surface area (Å²) in [5, 5.41) is 8.91. The highest BCUT2D eigenvalue weighted by atomic mass is 32.2. The summed E-state index contributed by atoms with van der Waals surface area (Å²) in [5.41, 5.74) is -0.548. The van der Waals surface area contributed by atoms with Crippen molar-refractivity contribution >= 4 is 21.7 Å². The van der Waals surface area contributed by atoms with Gasteiger partial charge in [-0.15, -0.1) is 0 Å². The molecule has 0 aromatic heterocycles. The highest BCUT2D eigenvalue weighted by Gasteiger charge is 2.20. The zero-order chi connectivity index (χ0) is 18.6. The van der Waals surface area contributed by atoms with Crippen molar-refractivity contribution < 1.29 is 32.2 Å². The standard InChI is InChI=1S/C16H16FNO6S/c1-3-24-14-7-4-10(8-15(14)23-2)18-25(21,22)11-5-6-13(17)12(9-11)16(19)20/h4-9,18H,3H2,1-2H3,(H,19,20). The number of methoxy groups -OCH3 is 1. The van der Waals surface area contributed by atoms with E-state index in [0.717, 1.165) is 18.2 Å². The van der Waals surface area contributed by atoms with Crippen LogP contribution in [0.15, 0.2) is 41.3 Å². The molecule has 2 aromatic carbocycles. The van der Waals surface area contributed by atoms with Gasteiger partial charge in [-0.1, -0.05) is 0 Å². The minimum Gasteiger partial charge on any atom is -0.493 e. The molecular weight excluding hydrogens is 353 g/mol. The molecule has 2 N–H and O–H groups in total. The van der Waals surface area contributed by atoms with Crippen molar-refractivity contribution in [2.45, 2.75) is 11.8 Å². The number of hydrogen-bond donors (Lipinski definition) is 2. The molecule has 0 saturated carbocycles. The van der Waals surface area contributed by atoms with Gasteiger partial charge in [-0.05, 0) is 37.3 Å². The van der Waals surface area contributed by atoms with Crippen molar-refractivity contribution in [3.8, 4) is 11.5 Å². The molecule has 25 heavy (non-hydrogen) atoms. The maximum absolute atomic E-state index is 13.4. The number of carboxylic acids is 1. The quantitative estimate of drug-likeness (QED) is 0.778. The van der Waals surface area contributed by atoms with Gasteiger partial charge in [0, 0.05) is 6.07 Å². The number of sulfonamides is 1. The predicted octanol–water partition coefficient (Wildman–Crippen LogP) is 2.73. The number of hydrogen-bond acceptors (Lipinski definition) is 5. The van der Waals surface area contributed by atoms with Crippen LogP contribution in [-0.2, 0) is 10.0 Å². The molecule has 0 fully saturated rings. The second-order valence-corrected chi connectivity index (χ2v) is 6.53. The highest BCUT2D eigenvalue weighted by molar-refractivity contribution is 7.92. The first-order valence-electron chi connectivity index (χ1n) is 7.15. The third-order valence-electron chi connectivity index (χ3n) is 3.19. The van der Waals surface area contributed by atoms with Crippen molar-refractivity contribution in [2.24, 2.45) is 0 Å². The minimum atomic E-state index is -4.11. The van der Waals surface area contributed by atoms with Crippen LogP contribution in [0.4, 0.5) is 10.1 Å². The summed E-state index contributed by atoms with van der Waals surface area (Å²) in [6, 6.07) is 6.95. The Hall–Kier alpha value is -2.81. The molecule has 0 aliphatic heterocycles. The number of carbonyl (C=O) groups is 1. The summed E-state index contributed by atoms with van der Waals surface area (Å²) < 4.78 is 51.0. The third kappa shape index (κ3) is 4.18. The summed E-state index contributed by atoms with van der Waals surface area (Å²) in [4.78, 5) is 10.6. The Morgan fingerprint density at radius 1 is 1.20 bits per heavy atom. The molecular formula is C16H16FNO6S. The van der Waals surface area contributed by atoms with Crippen molar-refractivity contribution in [1.29, 1.82) is 0 Å². The number of benzene rings is 2. The Morgan fingerprint density at radius 2 is 1.92 bits per heavy atom. The molecule has 0 amide bonds. The highest BCUT2D eigenvalue weighted by Crippen LogP contribution is 2.31. The van der Waals surface area contributed by atoms with E-state index in [1.807, 2.05) is 0 Å². The van der Waals surface area contributed by atoms with Gasteiger partial charge in [0.1, 0.15) is 5.82 Å². The topological polar surface area (TPSA) is 102 Å². The van der Waals surface area contributed by atoms with Crippen LogP contribution in [0.5, 0.6) is 11.5 Å². The molecule has 0 spiro atoms. The number of ether oxygens (including phenoxy) is 2. The number of anilines is 1. The second-order valence-electron chi connectivity index (χ2n) is 4.85. The first kappa shape index (κ1) is 18.5. The van der Waals surface area contributed by atoms with Crippen LogP contribution in [0.2, 0.25) is 0 Å². The number of nitrogens with one attached hydrogen (secondary N) is 1. The van der Waals surface area contributed by atoms with Crippen molar-refractivity contribution in [1.82, 2.24) is 0 Å². The summed E-state index contributed by atoms with van der Waals surface area (Å²) >= 11 is 0. The molecule has 134 valence electrons. The maximum Gasteiger partial charge on any atom is 0.338 e. The lowest BCUT2D eigenvalue weighted by Crippen LogP contribution is -2.14. The SMILES string of the molecule is CCOc1ccc(NS(=O)(=O)c2ccc(F)c(C(=O)O)c2)cc1OC. The van der Waals surface area contributed by atoms with Crippen LogP contribution < -0.4 is 14.2 Å². The Morgan fingerprint density at radius 3 is 2.52 bits per heavy atom. The molecule has 0 saturated heterocycles. The molecule has 0 bridgehead atoms. The third-order valence-corrected chi connectivity index (χ3v) is 4.57. The molecule has 0 heterocycles. The van der Waals surface area contributed by atoms with Gasteiger partial charge in [0.15, 0.2) is 11.5 Å². The Balaban J connectivity index is 2.36. The molecule has 0 radical (unpaired) electrons. The van der Waals surface area contributed by atoms with E-state index < -0.39 is 27.4 Å². The number of carboxylic acid groups (broad SMARTS) is 1. The summed E-state index contributed by atoms with van der Waals surface area (Å²) in [6.07, 6.45) is 0. The zero-order valence-electron chi connectivity index (χ0n) is 13.4. The van der Waals surface area contributed by atoms with Gasteiger partial charge in [0.05, 0.1) is 29.9 Å². The molecule has 7 nitrogen and oxygen atoms in total. The van der Waals surface area contributed by atoms with Gasteiger partial charge >= 0.3 is 5.97 Å². The zero-order valence-corrected chi connectivity index (χ0v) is 14.3. The average molecular weight is 369 g/mol. The first-order chi connectivity index (χ1) is 11.8. The lowest BCUT2D eigenvalue weighted by atomic mass is 10.2. The van der Waals surface area contributed by atoms with E-state index in [1.165, 1.54) is 25.3 Å². The van der Waals surface area contributed by atoms with Gasteiger partial charge in [0.25, 0.3) is 10.0 Å².